The molecule has 0 aliphatic carbocycles. The predicted molar refractivity (Wildman–Crippen MR) is 99.3 cm³/mol. The molecule has 2 N–H and O–H groups in total. The lowest BCUT2D eigenvalue weighted by Gasteiger charge is -2.35. The van der Waals surface area contributed by atoms with Gasteiger partial charge in [0.15, 0.2) is 5.96 Å². The molecule has 1 aromatic rings. The van der Waals surface area contributed by atoms with Gasteiger partial charge in [0.05, 0.1) is 12.2 Å². The van der Waals surface area contributed by atoms with Crippen LogP contribution in [0.25, 0.3) is 0 Å². The van der Waals surface area contributed by atoms with Crippen LogP contribution in [0.5, 0.6) is 0 Å². The first-order valence-electron chi connectivity index (χ1n) is 9.00. The van der Waals surface area contributed by atoms with Crippen LogP contribution in [0.4, 0.5) is 23.8 Å². The maximum atomic E-state index is 13.0. The van der Waals surface area contributed by atoms with Gasteiger partial charge in [0, 0.05) is 52.5 Å². The van der Waals surface area contributed by atoms with Gasteiger partial charge in [-0.3, -0.25) is 4.99 Å². The van der Waals surface area contributed by atoms with E-state index in [0.717, 1.165) is 6.07 Å². The molecule has 28 heavy (non-hydrogen) atoms. The van der Waals surface area contributed by atoms with Crippen LogP contribution in [-0.4, -0.2) is 79.8 Å². The van der Waals surface area contributed by atoms with Crippen molar-refractivity contribution in [2.45, 2.75) is 13.1 Å². The number of aromatic nitrogens is 1. The minimum atomic E-state index is -4.46. The van der Waals surface area contributed by atoms with Gasteiger partial charge in [-0.05, 0) is 19.1 Å². The van der Waals surface area contributed by atoms with E-state index in [1.165, 1.54) is 12.3 Å². The quantitative estimate of drug-likeness (QED) is 0.445. The van der Waals surface area contributed by atoms with Gasteiger partial charge in [-0.1, -0.05) is 0 Å². The molecule has 2 rings (SSSR count). The Morgan fingerprint density at radius 3 is 2.54 bits per heavy atom. The fourth-order valence-electron chi connectivity index (χ4n) is 2.78. The molecule has 0 unspecified atom stereocenters. The van der Waals surface area contributed by atoms with Gasteiger partial charge in [0.2, 0.25) is 0 Å². The van der Waals surface area contributed by atoms with E-state index in [1.807, 2.05) is 4.90 Å². The molecule has 0 radical (unpaired) electrons. The maximum Gasteiger partial charge on any atom is 0.419 e. The van der Waals surface area contributed by atoms with Crippen molar-refractivity contribution in [1.29, 1.82) is 0 Å². The zero-order valence-corrected chi connectivity index (χ0v) is 15.9. The second-order valence-corrected chi connectivity index (χ2v) is 5.97. The number of anilines is 1. The predicted octanol–water partition coefficient (Wildman–Crippen LogP) is 1.86. The fourth-order valence-corrected chi connectivity index (χ4v) is 2.78. The molecule has 1 aliphatic rings. The number of carbonyl (C=O) groups is 1. The SMILES string of the molecule is CCOC(=O)N1CCN(C(=NC)NCCNc2ncccc2C(F)(F)F)CC1. The van der Waals surface area contributed by atoms with Crippen LogP contribution in [0.15, 0.2) is 23.3 Å². The molecule has 0 spiro atoms. The molecule has 0 bridgehead atoms. The molecule has 1 amide bonds. The molecule has 1 aliphatic heterocycles. The highest BCUT2D eigenvalue weighted by Gasteiger charge is 2.34. The molecule has 8 nitrogen and oxygen atoms in total. The van der Waals surface area contributed by atoms with E-state index in [-0.39, 0.29) is 18.5 Å². The van der Waals surface area contributed by atoms with Crippen LogP contribution >= 0.6 is 0 Å². The van der Waals surface area contributed by atoms with Crippen molar-refractivity contribution in [3.8, 4) is 0 Å². The first kappa shape index (κ1) is 21.6. The Morgan fingerprint density at radius 1 is 1.25 bits per heavy atom. The third kappa shape index (κ3) is 5.89. The molecule has 156 valence electrons. The minimum absolute atomic E-state index is 0.199. The summed E-state index contributed by atoms with van der Waals surface area (Å²) in [6, 6.07) is 2.24. The number of rotatable bonds is 5. The Bertz CT molecular complexity index is 675. The fraction of sp³-hybridized carbons (Fsp3) is 0.588. The summed E-state index contributed by atoms with van der Waals surface area (Å²) in [6.45, 7) is 4.90. The van der Waals surface area contributed by atoms with Crippen LogP contribution < -0.4 is 10.6 Å². The van der Waals surface area contributed by atoms with Crippen molar-refractivity contribution in [3.05, 3.63) is 23.9 Å². The summed E-state index contributed by atoms with van der Waals surface area (Å²) < 4.78 is 43.9. The van der Waals surface area contributed by atoms with E-state index >= 15 is 0 Å². The molecule has 11 heteroatoms. The van der Waals surface area contributed by atoms with E-state index in [9.17, 15) is 18.0 Å². The number of alkyl halides is 3. The number of carbonyl (C=O) groups excluding carboxylic acids is 1. The zero-order valence-electron chi connectivity index (χ0n) is 15.9. The summed E-state index contributed by atoms with van der Waals surface area (Å²) in [7, 11) is 1.63. The summed E-state index contributed by atoms with van der Waals surface area (Å²) in [4.78, 5) is 23.3. The van der Waals surface area contributed by atoms with Gasteiger partial charge in [-0.25, -0.2) is 9.78 Å². The van der Waals surface area contributed by atoms with Gasteiger partial charge in [0.25, 0.3) is 0 Å². The number of ether oxygens (including phenoxy) is 1. The Hall–Kier alpha value is -2.72. The summed E-state index contributed by atoms with van der Waals surface area (Å²) in [6.07, 6.45) is -3.48. The molecule has 2 heterocycles. The van der Waals surface area contributed by atoms with Gasteiger partial charge < -0.3 is 25.2 Å². The summed E-state index contributed by atoms with van der Waals surface area (Å²) in [5, 5.41) is 5.81. The molecule has 1 saturated heterocycles. The van der Waals surface area contributed by atoms with E-state index in [4.69, 9.17) is 4.74 Å². The van der Waals surface area contributed by atoms with E-state index in [0.29, 0.717) is 45.3 Å². The first-order valence-corrected chi connectivity index (χ1v) is 9.00. The standard InChI is InChI=1S/C17H25F3N6O2/c1-3-28-16(27)26-11-9-25(10-12-26)15(21-2)24-8-7-23-14-13(17(18,19)20)5-4-6-22-14/h4-6H,3,7-12H2,1-2H3,(H,21,24)(H,22,23). The highest BCUT2D eigenvalue weighted by atomic mass is 19.4. The molecular weight excluding hydrogens is 377 g/mol. The smallest absolute Gasteiger partial charge is 0.419 e. The van der Waals surface area contributed by atoms with E-state index in [1.54, 1.807) is 18.9 Å². The average molecular weight is 402 g/mol. The largest absolute Gasteiger partial charge is 0.450 e. The molecule has 0 saturated carbocycles. The van der Waals surface area contributed by atoms with Crippen molar-refractivity contribution >= 4 is 17.9 Å². The number of amides is 1. The lowest BCUT2D eigenvalue weighted by Crippen LogP contribution is -2.54. The summed E-state index contributed by atoms with van der Waals surface area (Å²) >= 11 is 0. The number of hydrogen-bond acceptors (Lipinski definition) is 5. The van der Waals surface area contributed by atoms with Crippen molar-refractivity contribution in [3.63, 3.8) is 0 Å². The average Bonchev–Trinajstić information content (AvgIpc) is 2.68. The third-order valence-corrected chi connectivity index (χ3v) is 4.13. The molecule has 1 aromatic heterocycles. The van der Waals surface area contributed by atoms with E-state index in [2.05, 4.69) is 20.6 Å². The molecular formula is C17H25F3N6O2. The van der Waals surface area contributed by atoms with Crippen molar-refractivity contribution in [2.75, 3.05) is 58.2 Å². The Kier molecular flexibility index (Phi) is 7.70. The Balaban J connectivity index is 1.79. The van der Waals surface area contributed by atoms with Crippen LogP contribution in [-0.2, 0) is 10.9 Å². The minimum Gasteiger partial charge on any atom is -0.450 e. The number of pyridine rings is 1. The lowest BCUT2D eigenvalue weighted by molar-refractivity contribution is -0.137. The summed E-state index contributed by atoms with van der Waals surface area (Å²) in [5.74, 6) is 0.428. The summed E-state index contributed by atoms with van der Waals surface area (Å²) in [5.41, 5.74) is -0.797. The van der Waals surface area contributed by atoms with Crippen LogP contribution in [0, 0.1) is 0 Å². The Morgan fingerprint density at radius 2 is 1.93 bits per heavy atom. The third-order valence-electron chi connectivity index (χ3n) is 4.13. The van der Waals surface area contributed by atoms with Crippen LogP contribution in [0.1, 0.15) is 12.5 Å². The first-order chi connectivity index (χ1) is 13.4. The van der Waals surface area contributed by atoms with Gasteiger partial charge in [0.1, 0.15) is 5.82 Å². The second kappa shape index (κ2) is 10.00. The lowest BCUT2D eigenvalue weighted by atomic mass is 10.2. The number of guanidine groups is 1. The van der Waals surface area contributed by atoms with Crippen molar-refractivity contribution in [1.82, 2.24) is 20.1 Å². The molecule has 1 fully saturated rings. The number of nitrogens with zero attached hydrogens (tertiary/aromatic N) is 4. The number of halogens is 3. The van der Waals surface area contributed by atoms with Crippen molar-refractivity contribution < 1.29 is 22.7 Å². The van der Waals surface area contributed by atoms with Crippen LogP contribution in [0.2, 0.25) is 0 Å². The highest BCUT2D eigenvalue weighted by Crippen LogP contribution is 2.33. The zero-order chi connectivity index (χ0) is 20.6. The normalized spacial score (nSPS) is 15.4. The topological polar surface area (TPSA) is 82.1 Å². The number of piperazine rings is 1. The monoisotopic (exact) mass is 402 g/mol. The van der Waals surface area contributed by atoms with Gasteiger partial charge in [-0.15, -0.1) is 0 Å². The number of nitrogens with one attached hydrogen (secondary N) is 2. The second-order valence-electron chi connectivity index (χ2n) is 5.97. The maximum absolute atomic E-state index is 13.0. The van der Waals surface area contributed by atoms with E-state index < -0.39 is 11.7 Å². The van der Waals surface area contributed by atoms with Gasteiger partial charge >= 0.3 is 12.3 Å². The molecule has 0 aromatic carbocycles. The Labute approximate surface area is 161 Å². The van der Waals surface area contributed by atoms with Gasteiger partial charge in [-0.2, -0.15) is 13.2 Å². The number of hydrogen-bond donors (Lipinski definition) is 2. The highest BCUT2D eigenvalue weighted by molar-refractivity contribution is 5.80. The number of aliphatic imine (C=N–C) groups is 1. The van der Waals surface area contributed by atoms with Crippen molar-refractivity contribution in [2.24, 2.45) is 4.99 Å². The van der Waals surface area contributed by atoms with Crippen LogP contribution in [0.3, 0.4) is 0 Å². The molecule has 0 atom stereocenters.